The predicted molar refractivity (Wildman–Crippen MR) is 185 cm³/mol. The van der Waals surface area contributed by atoms with Gasteiger partial charge in [0.25, 0.3) is 0 Å². The fraction of sp³-hybridized carbons (Fsp3) is 0.412. The maximum atomic E-state index is 12.5. The molecule has 8 atom stereocenters. The van der Waals surface area contributed by atoms with Crippen molar-refractivity contribution < 1.29 is 58.8 Å². The third-order valence-electron chi connectivity index (χ3n) is 9.23. The lowest BCUT2D eigenvalue weighted by molar-refractivity contribution is -0.161. The van der Waals surface area contributed by atoms with Crippen molar-refractivity contribution in [1.82, 2.24) is 20.4 Å². The molecule has 0 radical (unpaired) electrons. The van der Waals surface area contributed by atoms with E-state index in [-0.39, 0.29) is 0 Å². The van der Waals surface area contributed by atoms with E-state index in [2.05, 4.69) is 10.6 Å². The Hall–Kier alpha value is -5.10. The summed E-state index contributed by atoms with van der Waals surface area (Å²) < 4.78 is -1.42. The smallest absolute Gasteiger partial charge is 0.327 e. The topological polar surface area (TPSA) is 248 Å². The Morgan fingerprint density at radius 1 is 0.596 bits per heavy atom. The summed E-state index contributed by atoms with van der Waals surface area (Å²) in [6.45, 7) is 6.91. The Morgan fingerprint density at radius 3 is 1.17 bits per heavy atom. The Bertz CT molecular complexity index is 1690. The molecule has 6 rings (SSSR count). The number of nitrogens with one attached hydrogen (secondary N) is 2. The number of nitrogens with zero attached hydrogens (tertiary/aromatic N) is 2. The van der Waals surface area contributed by atoms with Gasteiger partial charge in [-0.3, -0.25) is 28.8 Å². The molecule has 2 aromatic carbocycles. The van der Waals surface area contributed by atoms with Crippen molar-refractivity contribution in [3.63, 3.8) is 0 Å². The standard InChI is InChI=1S/2C17H18N2O6S/c2*1-17(2)11(16(24)25)19-13(21)10(14(19)26-17)18-12(20)9(15(22)23)8-6-4-3-5-7-8/h2*3-7,9-11,14H,1-2H3,(H,18,20)(H,22,23)(H,24,25)/t2*9?,10-,11+,14-/m11/s1. The van der Waals surface area contributed by atoms with Crippen LogP contribution in [-0.4, -0.2) is 122 Å². The van der Waals surface area contributed by atoms with Crippen LogP contribution in [0.2, 0.25) is 0 Å². The molecule has 2 unspecified atom stereocenters. The minimum absolute atomic E-state index is 0.309. The molecule has 52 heavy (non-hydrogen) atoms. The average molecular weight is 757 g/mol. The van der Waals surface area contributed by atoms with Crippen molar-refractivity contribution in [1.29, 1.82) is 0 Å². The van der Waals surface area contributed by atoms with Crippen LogP contribution >= 0.6 is 23.5 Å². The summed E-state index contributed by atoms with van der Waals surface area (Å²) in [5.74, 6) is -10.3. The predicted octanol–water partition coefficient (Wildman–Crippen LogP) is 0.973. The fourth-order valence-corrected chi connectivity index (χ4v) is 10.1. The van der Waals surface area contributed by atoms with Gasteiger partial charge in [-0.15, -0.1) is 23.5 Å². The highest BCUT2D eigenvalue weighted by molar-refractivity contribution is 8.02. The summed E-state index contributed by atoms with van der Waals surface area (Å²) in [5, 5.41) is 41.6. The first-order valence-corrected chi connectivity index (χ1v) is 17.7. The van der Waals surface area contributed by atoms with Crippen LogP contribution in [-0.2, 0) is 38.4 Å². The van der Waals surface area contributed by atoms with Crippen molar-refractivity contribution in [2.75, 3.05) is 0 Å². The molecule has 4 amide bonds. The Labute approximate surface area is 305 Å². The largest absolute Gasteiger partial charge is 0.480 e. The number of rotatable bonds is 10. The van der Waals surface area contributed by atoms with E-state index in [0.717, 1.165) is 0 Å². The molecule has 0 saturated carbocycles. The Balaban J connectivity index is 0.000000201. The molecule has 4 fully saturated rings. The number of carbonyl (C=O) groups excluding carboxylic acids is 4. The molecule has 16 nitrogen and oxygen atoms in total. The summed E-state index contributed by atoms with van der Waals surface area (Å²) in [5.41, 5.74) is 0.618. The molecule has 0 aromatic heterocycles. The third-order valence-corrected chi connectivity index (χ3v) is 12.4. The fourth-order valence-electron chi connectivity index (χ4n) is 6.87. The van der Waals surface area contributed by atoms with Crippen molar-refractivity contribution in [3.8, 4) is 0 Å². The van der Waals surface area contributed by atoms with Gasteiger partial charge in [-0.05, 0) is 38.8 Å². The van der Waals surface area contributed by atoms with E-state index >= 15 is 0 Å². The number of fused-ring (bicyclic) bond motifs is 2. The number of aliphatic carboxylic acids is 4. The molecule has 18 heteroatoms. The number of carboxylic acid groups (broad SMARTS) is 4. The van der Waals surface area contributed by atoms with E-state index in [1.165, 1.54) is 57.6 Å². The number of thioether (sulfide) groups is 2. The Kier molecular flexibility index (Phi) is 10.4. The second kappa shape index (κ2) is 14.1. The van der Waals surface area contributed by atoms with Gasteiger partial charge in [0, 0.05) is 9.49 Å². The van der Waals surface area contributed by atoms with Crippen molar-refractivity contribution in [2.24, 2.45) is 0 Å². The first kappa shape index (κ1) is 38.1. The lowest BCUT2D eigenvalue weighted by Crippen LogP contribution is -2.71. The van der Waals surface area contributed by atoms with Crippen molar-refractivity contribution in [3.05, 3.63) is 71.8 Å². The summed E-state index contributed by atoms with van der Waals surface area (Å²) in [4.78, 5) is 98.4. The van der Waals surface area contributed by atoms with E-state index in [0.29, 0.717) is 11.1 Å². The van der Waals surface area contributed by atoms with E-state index in [1.807, 2.05) is 0 Å². The SMILES string of the molecule is CC1(C)S[C@@H]2[C@H](NC(=O)C(C(=O)O)c3ccccc3)C(=O)N2[C@H]1C(=O)O.CC1(C)S[C@@H]2[C@H](NC(=O)C(C(=O)O)c3ccccc3)C(=O)N2[C@H]1C(=O)O. The minimum Gasteiger partial charge on any atom is -0.480 e. The maximum Gasteiger partial charge on any atom is 0.327 e. The van der Waals surface area contributed by atoms with Crippen LogP contribution < -0.4 is 10.6 Å². The molecule has 4 saturated heterocycles. The monoisotopic (exact) mass is 756 g/mol. The van der Waals surface area contributed by atoms with E-state index in [1.54, 1.807) is 64.1 Å². The molecule has 4 heterocycles. The summed E-state index contributed by atoms with van der Waals surface area (Å²) in [7, 11) is 0. The molecule has 0 aliphatic carbocycles. The van der Waals surface area contributed by atoms with Crippen molar-refractivity contribution >= 4 is 71.0 Å². The third kappa shape index (κ3) is 6.79. The van der Waals surface area contributed by atoms with Gasteiger partial charge in [-0.25, -0.2) is 9.59 Å². The minimum atomic E-state index is -1.44. The van der Waals surface area contributed by atoms with Crippen LogP contribution in [0, 0.1) is 0 Å². The zero-order chi connectivity index (χ0) is 38.4. The number of amides is 4. The zero-order valence-corrected chi connectivity index (χ0v) is 29.8. The molecule has 2 aromatic rings. The van der Waals surface area contributed by atoms with Gasteiger partial charge < -0.3 is 40.9 Å². The second-order valence-electron chi connectivity index (χ2n) is 13.5. The number of carbonyl (C=O) groups is 8. The average Bonchev–Trinajstić information content (AvgIpc) is 3.48. The normalized spacial score (nSPS) is 27.2. The highest BCUT2D eigenvalue weighted by atomic mass is 32.2. The molecule has 276 valence electrons. The van der Waals surface area contributed by atoms with Gasteiger partial charge in [0.2, 0.25) is 23.6 Å². The molecule has 4 aliphatic rings. The highest BCUT2D eigenvalue weighted by Crippen LogP contribution is 2.52. The van der Waals surface area contributed by atoms with Gasteiger partial charge in [0.05, 0.1) is 0 Å². The highest BCUT2D eigenvalue weighted by Gasteiger charge is 2.65. The van der Waals surface area contributed by atoms with Crippen LogP contribution in [0.4, 0.5) is 0 Å². The zero-order valence-electron chi connectivity index (χ0n) is 28.2. The van der Waals surface area contributed by atoms with Gasteiger partial charge in [-0.2, -0.15) is 0 Å². The molecule has 4 aliphatic heterocycles. The lowest BCUT2D eigenvalue weighted by atomic mass is 9.94. The van der Waals surface area contributed by atoms with Crippen LogP contribution in [0.25, 0.3) is 0 Å². The van der Waals surface area contributed by atoms with Gasteiger partial charge in [0.15, 0.2) is 11.8 Å². The summed E-state index contributed by atoms with van der Waals surface area (Å²) in [6, 6.07) is 12.2. The molecule has 0 bridgehead atoms. The molecule has 0 spiro atoms. The van der Waals surface area contributed by atoms with Gasteiger partial charge in [-0.1, -0.05) is 60.7 Å². The number of hydrogen-bond acceptors (Lipinski definition) is 10. The Morgan fingerprint density at radius 2 is 0.904 bits per heavy atom. The van der Waals surface area contributed by atoms with Gasteiger partial charge in [0.1, 0.15) is 34.9 Å². The molecular formula is C34H36N4O12S2. The van der Waals surface area contributed by atoms with E-state index in [4.69, 9.17) is 0 Å². The maximum absolute atomic E-state index is 12.5. The van der Waals surface area contributed by atoms with E-state index < -0.39 is 104 Å². The first-order valence-electron chi connectivity index (χ1n) is 15.9. The van der Waals surface area contributed by atoms with E-state index in [9.17, 15) is 58.8 Å². The van der Waals surface area contributed by atoms with Crippen LogP contribution in [0.15, 0.2) is 60.7 Å². The van der Waals surface area contributed by atoms with Crippen molar-refractivity contribution in [2.45, 2.75) is 83.9 Å². The molecule has 6 N–H and O–H groups in total. The summed E-state index contributed by atoms with van der Waals surface area (Å²) >= 11 is 2.57. The lowest BCUT2D eigenvalue weighted by Gasteiger charge is -2.43. The number of hydrogen-bond donors (Lipinski definition) is 6. The van der Waals surface area contributed by atoms with Crippen LogP contribution in [0.5, 0.6) is 0 Å². The van der Waals surface area contributed by atoms with Crippen LogP contribution in [0.1, 0.15) is 50.7 Å². The first-order chi connectivity index (χ1) is 24.3. The quantitative estimate of drug-likeness (QED) is 0.146. The second-order valence-corrected chi connectivity index (χ2v) is 17.1. The van der Waals surface area contributed by atoms with Gasteiger partial charge >= 0.3 is 23.9 Å². The number of β-lactam (4-membered cyclic amide) rings is 2. The summed E-state index contributed by atoms with van der Waals surface area (Å²) in [6.07, 6.45) is 0. The number of benzene rings is 2. The molecular weight excluding hydrogens is 721 g/mol. The van der Waals surface area contributed by atoms with Crippen LogP contribution in [0.3, 0.4) is 0 Å². The number of carboxylic acids is 4.